The summed E-state index contributed by atoms with van der Waals surface area (Å²) in [5, 5.41) is 7.23. The van der Waals surface area contributed by atoms with Crippen LogP contribution >= 0.6 is 11.8 Å². The molecule has 0 aromatic heterocycles. The molecule has 0 saturated carbocycles. The Hall–Kier alpha value is -0.290. The number of carbonyl (C=O) groups is 1. The van der Waals surface area contributed by atoms with Crippen LogP contribution in [0.1, 0.15) is 20.8 Å². The first-order chi connectivity index (χ1) is 6.40. The molecule has 0 saturated heterocycles. The Bertz CT molecular complexity index is 198. The second-order valence-electron chi connectivity index (χ2n) is 3.26. The fourth-order valence-corrected chi connectivity index (χ4v) is 2.11. The van der Waals surface area contributed by atoms with Crippen molar-refractivity contribution in [1.82, 2.24) is 0 Å². The van der Waals surface area contributed by atoms with Crippen LogP contribution in [0.5, 0.6) is 0 Å². The largest absolute Gasteiger partial charge is 0.466 e. The Morgan fingerprint density at radius 3 is 2.43 bits per heavy atom. The first-order valence-corrected chi connectivity index (χ1v) is 5.48. The van der Waals surface area contributed by atoms with Gasteiger partial charge in [0, 0.05) is 0 Å². The highest BCUT2D eigenvalue weighted by molar-refractivity contribution is 8.01. The molecule has 0 amide bonds. The molecule has 0 bridgehead atoms. The van der Waals surface area contributed by atoms with E-state index in [0.29, 0.717) is 5.75 Å². The normalized spacial score (nSPS) is 17.6. The molecule has 0 aliphatic heterocycles. The molecule has 84 valence electrons. The lowest BCUT2D eigenvalue weighted by molar-refractivity contribution is -0.155. The molecule has 3 nitrogen and oxygen atoms in total. The first-order valence-electron chi connectivity index (χ1n) is 4.49. The summed E-state index contributed by atoms with van der Waals surface area (Å²) < 4.78 is 18.4. The topological polar surface area (TPSA) is 46.5 Å². The van der Waals surface area contributed by atoms with Gasteiger partial charge < -0.3 is 9.84 Å². The molecule has 14 heavy (non-hydrogen) atoms. The zero-order chi connectivity index (χ0) is 11.4. The third kappa shape index (κ3) is 2.85. The van der Waals surface area contributed by atoms with Gasteiger partial charge in [0.15, 0.2) is 0 Å². The van der Waals surface area contributed by atoms with Crippen LogP contribution in [0.2, 0.25) is 0 Å². The van der Waals surface area contributed by atoms with Crippen molar-refractivity contribution >= 4 is 17.7 Å². The number of thioether (sulfide) groups is 1. The van der Waals surface area contributed by atoms with Gasteiger partial charge in [0.05, 0.1) is 7.11 Å². The Labute approximate surface area is 88.0 Å². The molecule has 0 aliphatic rings. The van der Waals surface area contributed by atoms with Crippen LogP contribution in [-0.2, 0) is 9.53 Å². The second kappa shape index (κ2) is 5.56. The number of alkyl halides is 1. The van der Waals surface area contributed by atoms with Crippen LogP contribution in [0.25, 0.3) is 0 Å². The van der Waals surface area contributed by atoms with Crippen molar-refractivity contribution in [2.75, 3.05) is 12.9 Å². The SMILES string of the molecule is CCS[C@@](F)(C(=O)OC)C(O)C(C)C. The maximum absolute atomic E-state index is 14.1. The van der Waals surface area contributed by atoms with Gasteiger partial charge in [0.2, 0.25) is 0 Å². The molecule has 0 aromatic rings. The average molecular weight is 224 g/mol. The molecule has 0 heterocycles. The fourth-order valence-electron chi connectivity index (χ4n) is 1.04. The molecule has 1 N–H and O–H groups in total. The summed E-state index contributed by atoms with van der Waals surface area (Å²) in [5.74, 6) is -0.959. The molecule has 0 aliphatic carbocycles. The Balaban J connectivity index is 4.78. The van der Waals surface area contributed by atoms with Gasteiger partial charge in [-0.3, -0.25) is 0 Å². The number of aliphatic hydroxyl groups excluding tert-OH is 1. The van der Waals surface area contributed by atoms with Crippen molar-refractivity contribution in [2.24, 2.45) is 5.92 Å². The van der Waals surface area contributed by atoms with Crippen LogP contribution < -0.4 is 0 Å². The van der Waals surface area contributed by atoms with Gasteiger partial charge in [-0.2, -0.15) is 0 Å². The van der Waals surface area contributed by atoms with E-state index in [0.717, 1.165) is 18.9 Å². The Kier molecular flexibility index (Phi) is 5.44. The Morgan fingerprint density at radius 2 is 2.14 bits per heavy atom. The lowest BCUT2D eigenvalue weighted by atomic mass is 10.0. The number of ether oxygens (including phenoxy) is 1. The minimum Gasteiger partial charge on any atom is -0.466 e. The van der Waals surface area contributed by atoms with Crippen molar-refractivity contribution in [2.45, 2.75) is 31.9 Å². The number of aliphatic hydroxyl groups is 1. The highest BCUT2D eigenvalue weighted by Crippen LogP contribution is 2.35. The number of hydrogen-bond donors (Lipinski definition) is 1. The van der Waals surface area contributed by atoms with E-state index >= 15 is 0 Å². The van der Waals surface area contributed by atoms with Crippen molar-refractivity contribution < 1.29 is 19.0 Å². The third-order valence-electron chi connectivity index (χ3n) is 1.83. The average Bonchev–Trinajstić information content (AvgIpc) is 2.15. The molecule has 0 rings (SSSR count). The minimum absolute atomic E-state index is 0.335. The lowest BCUT2D eigenvalue weighted by Gasteiger charge is -2.29. The van der Waals surface area contributed by atoms with Crippen molar-refractivity contribution in [3.05, 3.63) is 0 Å². The zero-order valence-electron chi connectivity index (χ0n) is 8.91. The van der Waals surface area contributed by atoms with Gasteiger partial charge in [0.1, 0.15) is 6.10 Å². The first kappa shape index (κ1) is 13.7. The molecule has 2 atom stereocenters. The summed E-state index contributed by atoms with van der Waals surface area (Å²) >= 11 is 0.757. The summed E-state index contributed by atoms with van der Waals surface area (Å²) in [7, 11) is 1.11. The molecule has 5 heteroatoms. The van der Waals surface area contributed by atoms with Gasteiger partial charge in [-0.15, -0.1) is 11.8 Å². The van der Waals surface area contributed by atoms with E-state index in [9.17, 15) is 14.3 Å². The van der Waals surface area contributed by atoms with Crippen LogP contribution in [-0.4, -0.2) is 35.0 Å². The van der Waals surface area contributed by atoms with Gasteiger partial charge in [0.25, 0.3) is 5.00 Å². The molecule has 0 radical (unpaired) electrons. The summed E-state index contributed by atoms with van der Waals surface area (Å²) in [4.78, 5) is 11.2. The molecular weight excluding hydrogens is 207 g/mol. The lowest BCUT2D eigenvalue weighted by Crippen LogP contribution is -2.46. The predicted molar refractivity (Wildman–Crippen MR) is 54.8 cm³/mol. The molecule has 1 unspecified atom stereocenters. The van der Waals surface area contributed by atoms with Crippen molar-refractivity contribution in [3.8, 4) is 0 Å². The number of esters is 1. The number of methoxy groups -OCH3 is 1. The van der Waals surface area contributed by atoms with E-state index < -0.39 is 17.1 Å². The Morgan fingerprint density at radius 1 is 1.64 bits per heavy atom. The maximum atomic E-state index is 14.1. The number of halogens is 1. The smallest absolute Gasteiger partial charge is 0.357 e. The van der Waals surface area contributed by atoms with E-state index in [4.69, 9.17) is 0 Å². The van der Waals surface area contributed by atoms with Gasteiger partial charge >= 0.3 is 5.97 Å². The van der Waals surface area contributed by atoms with E-state index in [1.807, 2.05) is 0 Å². The number of hydrogen-bond acceptors (Lipinski definition) is 4. The third-order valence-corrected chi connectivity index (χ3v) is 2.95. The summed E-state index contributed by atoms with van der Waals surface area (Å²) in [6.45, 7) is 5.02. The predicted octanol–water partition coefficient (Wildman–Crippen LogP) is 1.60. The van der Waals surface area contributed by atoms with Crippen molar-refractivity contribution in [1.29, 1.82) is 0 Å². The van der Waals surface area contributed by atoms with Gasteiger partial charge in [-0.1, -0.05) is 20.8 Å². The minimum atomic E-state index is -2.35. The second-order valence-corrected chi connectivity index (χ2v) is 4.72. The van der Waals surface area contributed by atoms with Crippen LogP contribution in [0.15, 0.2) is 0 Å². The summed E-state index contributed by atoms with van der Waals surface area (Å²) in [5.41, 5.74) is 0. The van der Waals surface area contributed by atoms with Crippen molar-refractivity contribution in [3.63, 3.8) is 0 Å². The van der Waals surface area contributed by atoms with Crippen LogP contribution in [0.3, 0.4) is 0 Å². The number of rotatable bonds is 5. The highest BCUT2D eigenvalue weighted by atomic mass is 32.2. The number of carbonyl (C=O) groups excluding carboxylic acids is 1. The highest BCUT2D eigenvalue weighted by Gasteiger charge is 2.48. The van der Waals surface area contributed by atoms with E-state index in [-0.39, 0.29) is 5.92 Å². The van der Waals surface area contributed by atoms with E-state index in [1.54, 1.807) is 20.8 Å². The zero-order valence-corrected chi connectivity index (χ0v) is 9.73. The monoisotopic (exact) mass is 224 g/mol. The van der Waals surface area contributed by atoms with Crippen LogP contribution in [0, 0.1) is 5.92 Å². The van der Waals surface area contributed by atoms with Crippen LogP contribution in [0.4, 0.5) is 4.39 Å². The molecule has 0 aromatic carbocycles. The summed E-state index contributed by atoms with van der Waals surface area (Å²) in [6.07, 6.45) is -1.35. The molecular formula is C9H17FO3S. The maximum Gasteiger partial charge on any atom is 0.357 e. The standard InChI is InChI=1S/C9H17FO3S/c1-5-14-9(10,8(12)13-4)7(11)6(2)3/h6-7,11H,5H2,1-4H3/t7?,9-/m1/s1. The summed E-state index contributed by atoms with van der Waals surface area (Å²) in [6, 6.07) is 0. The quantitative estimate of drug-likeness (QED) is 0.720. The van der Waals surface area contributed by atoms with E-state index in [2.05, 4.69) is 4.74 Å². The van der Waals surface area contributed by atoms with Gasteiger partial charge in [-0.05, 0) is 11.7 Å². The van der Waals surface area contributed by atoms with Gasteiger partial charge in [-0.25, -0.2) is 9.18 Å². The fraction of sp³-hybridized carbons (Fsp3) is 0.889. The molecule has 0 spiro atoms. The van der Waals surface area contributed by atoms with E-state index in [1.165, 1.54) is 0 Å². The molecule has 0 fully saturated rings.